The van der Waals surface area contributed by atoms with E-state index in [1.165, 1.54) is 63.4 Å². The zero-order valence-electron chi connectivity index (χ0n) is 21.3. The normalized spacial score (nSPS) is 43.9. The number of allylic oxidation sites excluding steroid dienone is 2. The minimum atomic E-state index is -0.0859. The fourth-order valence-electron chi connectivity index (χ4n) is 9.27. The second kappa shape index (κ2) is 9.00. The molecule has 4 aliphatic carbocycles. The smallest absolute Gasteiger partial charge is 0.0577 e. The molecule has 176 valence electrons. The molecule has 0 spiro atoms. The minimum Gasteiger partial charge on any atom is -0.393 e. The topological polar surface area (TPSA) is 20.2 Å². The van der Waals surface area contributed by atoms with Crippen LogP contribution < -0.4 is 0 Å². The van der Waals surface area contributed by atoms with E-state index in [-0.39, 0.29) is 6.10 Å². The summed E-state index contributed by atoms with van der Waals surface area (Å²) in [6.07, 6.45) is 17.9. The van der Waals surface area contributed by atoms with Gasteiger partial charge in [0.15, 0.2) is 0 Å². The molecular formula is C30H50O. The highest BCUT2D eigenvalue weighted by atomic mass is 16.3. The first-order chi connectivity index (χ1) is 14.7. The van der Waals surface area contributed by atoms with Gasteiger partial charge in [-0.05, 0) is 123 Å². The van der Waals surface area contributed by atoms with Gasteiger partial charge < -0.3 is 5.11 Å². The predicted molar refractivity (Wildman–Crippen MR) is 133 cm³/mol. The molecule has 4 aliphatic rings. The van der Waals surface area contributed by atoms with Gasteiger partial charge in [-0.25, -0.2) is 0 Å². The molecule has 0 aromatic heterocycles. The molecule has 0 aliphatic heterocycles. The van der Waals surface area contributed by atoms with Crippen molar-refractivity contribution in [1.29, 1.82) is 0 Å². The first-order valence-electron chi connectivity index (χ1n) is 13.8. The first-order valence-corrected chi connectivity index (χ1v) is 13.8. The SMILES string of the molecule is C=C(CC)C(CC)CCC(C)C1CCC2C3CC=C4CC(O)CCC4(C)C3CCC12C. The Bertz CT molecular complexity index is 691. The molecule has 1 heteroatoms. The van der Waals surface area contributed by atoms with Gasteiger partial charge >= 0.3 is 0 Å². The van der Waals surface area contributed by atoms with E-state index in [4.69, 9.17) is 0 Å². The highest BCUT2D eigenvalue weighted by molar-refractivity contribution is 5.25. The van der Waals surface area contributed by atoms with Crippen molar-refractivity contribution < 1.29 is 5.11 Å². The molecule has 0 radical (unpaired) electrons. The lowest BCUT2D eigenvalue weighted by molar-refractivity contribution is -0.0574. The summed E-state index contributed by atoms with van der Waals surface area (Å²) in [5.74, 6) is 5.18. The van der Waals surface area contributed by atoms with Crippen LogP contribution in [0.15, 0.2) is 23.8 Å². The minimum absolute atomic E-state index is 0.0859. The molecule has 9 unspecified atom stereocenters. The van der Waals surface area contributed by atoms with E-state index in [0.29, 0.717) is 10.8 Å². The number of fused-ring (bicyclic) bond motifs is 5. The lowest BCUT2D eigenvalue weighted by atomic mass is 9.47. The lowest BCUT2D eigenvalue weighted by Gasteiger charge is -2.58. The fourth-order valence-corrected chi connectivity index (χ4v) is 9.27. The molecule has 0 saturated heterocycles. The van der Waals surface area contributed by atoms with E-state index in [1.54, 1.807) is 5.57 Å². The van der Waals surface area contributed by atoms with E-state index in [9.17, 15) is 5.11 Å². The summed E-state index contributed by atoms with van der Waals surface area (Å²) in [4.78, 5) is 0. The first kappa shape index (κ1) is 23.6. The average Bonchev–Trinajstić information content (AvgIpc) is 3.11. The number of rotatable bonds is 7. The molecule has 0 bridgehead atoms. The summed E-state index contributed by atoms with van der Waals surface area (Å²) in [5.41, 5.74) is 4.02. The zero-order chi connectivity index (χ0) is 22.4. The Morgan fingerprint density at radius 3 is 2.58 bits per heavy atom. The molecular weight excluding hydrogens is 376 g/mol. The van der Waals surface area contributed by atoms with E-state index < -0.39 is 0 Å². The van der Waals surface area contributed by atoms with Crippen LogP contribution in [-0.2, 0) is 0 Å². The Balaban J connectivity index is 1.46. The molecule has 1 N–H and O–H groups in total. The van der Waals surface area contributed by atoms with Crippen molar-refractivity contribution in [2.75, 3.05) is 0 Å². The van der Waals surface area contributed by atoms with E-state index >= 15 is 0 Å². The van der Waals surface area contributed by atoms with E-state index in [0.717, 1.165) is 54.8 Å². The number of aliphatic hydroxyl groups is 1. The number of aliphatic hydroxyl groups excluding tert-OH is 1. The Labute approximate surface area is 193 Å². The number of hydrogen-bond donors (Lipinski definition) is 1. The lowest BCUT2D eigenvalue weighted by Crippen LogP contribution is -2.50. The third kappa shape index (κ3) is 4.00. The quantitative estimate of drug-likeness (QED) is 0.406. The maximum absolute atomic E-state index is 10.3. The van der Waals surface area contributed by atoms with E-state index in [1.807, 2.05) is 0 Å². The maximum atomic E-state index is 10.3. The summed E-state index contributed by atoms with van der Waals surface area (Å²) >= 11 is 0. The molecule has 31 heavy (non-hydrogen) atoms. The molecule has 0 heterocycles. The van der Waals surface area contributed by atoms with Gasteiger partial charge in [0.25, 0.3) is 0 Å². The summed E-state index contributed by atoms with van der Waals surface area (Å²) in [5, 5.41) is 10.3. The maximum Gasteiger partial charge on any atom is 0.0577 e. The molecule has 0 aromatic carbocycles. The third-order valence-electron chi connectivity index (χ3n) is 11.3. The van der Waals surface area contributed by atoms with Crippen LogP contribution in [0.1, 0.15) is 112 Å². The molecule has 0 aromatic rings. The van der Waals surface area contributed by atoms with Crippen molar-refractivity contribution in [3.8, 4) is 0 Å². The van der Waals surface area contributed by atoms with Crippen LogP contribution in [0.4, 0.5) is 0 Å². The van der Waals surface area contributed by atoms with Crippen LogP contribution in [0.25, 0.3) is 0 Å². The van der Waals surface area contributed by atoms with Crippen molar-refractivity contribution in [3.05, 3.63) is 23.8 Å². The van der Waals surface area contributed by atoms with Crippen LogP contribution in [0.3, 0.4) is 0 Å². The molecule has 9 atom stereocenters. The Morgan fingerprint density at radius 1 is 1.10 bits per heavy atom. The monoisotopic (exact) mass is 426 g/mol. The van der Waals surface area contributed by atoms with Crippen LogP contribution in [0.5, 0.6) is 0 Å². The van der Waals surface area contributed by atoms with Gasteiger partial charge in [0.1, 0.15) is 0 Å². The van der Waals surface area contributed by atoms with Gasteiger partial charge in [-0.2, -0.15) is 0 Å². The van der Waals surface area contributed by atoms with Gasteiger partial charge in [0.2, 0.25) is 0 Å². The summed E-state index contributed by atoms with van der Waals surface area (Å²) < 4.78 is 0. The van der Waals surface area contributed by atoms with Crippen molar-refractivity contribution >= 4 is 0 Å². The van der Waals surface area contributed by atoms with Gasteiger partial charge in [-0.1, -0.05) is 58.4 Å². The average molecular weight is 427 g/mol. The number of hydrogen-bond acceptors (Lipinski definition) is 1. The molecule has 4 rings (SSSR count). The summed E-state index contributed by atoms with van der Waals surface area (Å²) in [6, 6.07) is 0. The highest BCUT2D eigenvalue weighted by Gasteiger charge is 2.59. The highest BCUT2D eigenvalue weighted by Crippen LogP contribution is 2.67. The van der Waals surface area contributed by atoms with Crippen LogP contribution >= 0.6 is 0 Å². The zero-order valence-corrected chi connectivity index (χ0v) is 21.3. The van der Waals surface area contributed by atoms with Gasteiger partial charge in [0.05, 0.1) is 6.10 Å². The van der Waals surface area contributed by atoms with Gasteiger partial charge in [0, 0.05) is 0 Å². The van der Waals surface area contributed by atoms with Gasteiger partial charge in [-0.3, -0.25) is 0 Å². The molecule has 1 nitrogen and oxygen atoms in total. The third-order valence-corrected chi connectivity index (χ3v) is 11.3. The predicted octanol–water partition coefficient (Wildman–Crippen LogP) is 8.34. The Hall–Kier alpha value is -0.560. The fraction of sp³-hybridized carbons (Fsp3) is 0.867. The second-order valence-corrected chi connectivity index (χ2v) is 12.6. The second-order valence-electron chi connectivity index (χ2n) is 12.6. The van der Waals surface area contributed by atoms with Gasteiger partial charge in [-0.15, -0.1) is 0 Å². The molecule has 0 amide bonds. The molecule has 3 fully saturated rings. The van der Waals surface area contributed by atoms with Crippen molar-refractivity contribution in [1.82, 2.24) is 0 Å². The summed E-state index contributed by atoms with van der Waals surface area (Å²) in [7, 11) is 0. The van der Waals surface area contributed by atoms with E-state index in [2.05, 4.69) is 47.3 Å². The van der Waals surface area contributed by atoms with Crippen LogP contribution in [0, 0.1) is 46.3 Å². The van der Waals surface area contributed by atoms with Crippen molar-refractivity contribution in [2.24, 2.45) is 46.3 Å². The van der Waals surface area contributed by atoms with Crippen molar-refractivity contribution in [3.63, 3.8) is 0 Å². The summed E-state index contributed by atoms with van der Waals surface area (Å²) in [6.45, 7) is 16.8. The standard InChI is InChI=1S/C30H50O/c1-7-20(3)22(8-2)10-9-21(4)26-13-14-27-25-12-11-23-19-24(31)15-17-29(23,5)28(25)16-18-30(26,27)6/h11,21-22,24-28,31H,3,7-10,12-19H2,1-2,4-6H3. The van der Waals surface area contributed by atoms with Crippen molar-refractivity contribution in [2.45, 2.75) is 118 Å². The largest absolute Gasteiger partial charge is 0.393 e. The van der Waals surface area contributed by atoms with Crippen LogP contribution in [-0.4, -0.2) is 11.2 Å². The Morgan fingerprint density at radius 2 is 1.87 bits per heavy atom. The molecule has 3 saturated carbocycles. The van der Waals surface area contributed by atoms with Crippen LogP contribution in [0.2, 0.25) is 0 Å². The Kier molecular flexibility index (Phi) is 6.85.